The van der Waals surface area contributed by atoms with Crippen LogP contribution >= 0.6 is 18.2 Å². The van der Waals surface area contributed by atoms with Gasteiger partial charge in [0.25, 0.3) is 0 Å². The van der Waals surface area contributed by atoms with E-state index in [1.54, 1.807) is 19.1 Å². The molecule has 0 heterocycles. The van der Waals surface area contributed by atoms with Crippen molar-refractivity contribution in [1.82, 2.24) is 5.48 Å². The fourth-order valence-corrected chi connectivity index (χ4v) is 4.94. The molecular weight excluding hydrogens is 309 g/mol. The van der Waals surface area contributed by atoms with Gasteiger partial charge in [-0.2, -0.15) is 0 Å². The number of rotatable bonds is 10. The second-order valence-corrected chi connectivity index (χ2v) is 8.22. The molecule has 21 heavy (non-hydrogen) atoms. The molecule has 0 spiro atoms. The summed E-state index contributed by atoms with van der Waals surface area (Å²) in [6.07, 6.45) is 0.909. The normalized spacial score (nSPS) is 13.5. The van der Waals surface area contributed by atoms with Gasteiger partial charge in [0.1, 0.15) is 5.75 Å². The highest BCUT2D eigenvalue weighted by molar-refractivity contribution is 8.55. The van der Waals surface area contributed by atoms with Crippen molar-refractivity contribution in [2.24, 2.45) is 0 Å². The molecule has 1 aromatic carbocycles. The molecule has 0 aliphatic carbocycles. The molecule has 0 bridgehead atoms. The first-order valence-electron chi connectivity index (χ1n) is 6.71. The molecule has 0 aliphatic heterocycles. The minimum atomic E-state index is -3.16. The van der Waals surface area contributed by atoms with Crippen LogP contribution in [-0.4, -0.2) is 19.5 Å². The lowest BCUT2D eigenvalue weighted by atomic mass is 10.2. The Labute approximate surface area is 130 Å². The molecule has 0 aliphatic rings. The highest BCUT2D eigenvalue weighted by atomic mass is 32.7. The van der Waals surface area contributed by atoms with E-state index in [2.05, 4.69) is 12.1 Å². The third-order valence-electron chi connectivity index (χ3n) is 2.39. The number of hydrogen-bond donors (Lipinski definition) is 1. The van der Waals surface area contributed by atoms with Crippen LogP contribution in [0.3, 0.4) is 0 Å². The molecule has 0 amide bonds. The lowest BCUT2D eigenvalue weighted by molar-refractivity contribution is 0.137. The Morgan fingerprint density at radius 2 is 2.00 bits per heavy atom. The zero-order chi connectivity index (χ0) is 15.7. The number of nitrogens with one attached hydrogen (secondary N) is 1. The molecule has 1 rings (SSSR count). The van der Waals surface area contributed by atoms with Crippen molar-refractivity contribution in [2.75, 3.05) is 19.5 Å². The molecule has 1 N–H and O–H groups in total. The predicted molar refractivity (Wildman–Crippen MR) is 88.2 cm³/mol. The molecular formula is C14H22NO4PS. The highest BCUT2D eigenvalue weighted by Gasteiger charge is 2.26. The third-order valence-corrected chi connectivity index (χ3v) is 6.34. The van der Waals surface area contributed by atoms with Gasteiger partial charge in [-0.25, -0.2) is 4.57 Å². The summed E-state index contributed by atoms with van der Waals surface area (Å²) in [4.78, 5) is 4.80. The Morgan fingerprint density at radius 1 is 1.33 bits per heavy atom. The quantitative estimate of drug-likeness (QED) is 0.504. The van der Waals surface area contributed by atoms with Gasteiger partial charge in [0.15, 0.2) is 0 Å². The number of hydroxylamine groups is 1. The van der Waals surface area contributed by atoms with E-state index in [9.17, 15) is 4.57 Å². The fraction of sp³-hybridized carbons (Fsp3) is 0.429. The average Bonchev–Trinajstić information content (AvgIpc) is 2.46. The van der Waals surface area contributed by atoms with E-state index < -0.39 is 6.80 Å². The van der Waals surface area contributed by atoms with Crippen LogP contribution in [0.1, 0.15) is 25.8 Å². The van der Waals surface area contributed by atoms with Gasteiger partial charge in [0.2, 0.25) is 0 Å². The van der Waals surface area contributed by atoms with Crippen LogP contribution in [0.25, 0.3) is 5.70 Å². The Balaban J connectivity index is 2.76. The average molecular weight is 331 g/mol. The molecule has 0 saturated carbocycles. The monoisotopic (exact) mass is 331 g/mol. The van der Waals surface area contributed by atoms with Crippen molar-refractivity contribution in [1.29, 1.82) is 0 Å². The highest BCUT2D eigenvalue weighted by Crippen LogP contribution is 2.60. The molecule has 0 radical (unpaired) electrons. The lowest BCUT2D eigenvalue weighted by Gasteiger charge is -2.17. The molecule has 1 unspecified atom stereocenters. The van der Waals surface area contributed by atoms with Crippen molar-refractivity contribution >= 4 is 23.9 Å². The van der Waals surface area contributed by atoms with Gasteiger partial charge in [0.05, 0.1) is 19.4 Å². The molecule has 118 valence electrons. The second kappa shape index (κ2) is 9.15. The van der Waals surface area contributed by atoms with Gasteiger partial charge >= 0.3 is 6.80 Å². The topological polar surface area (TPSA) is 56.8 Å². The predicted octanol–water partition coefficient (Wildman–Crippen LogP) is 4.47. The van der Waals surface area contributed by atoms with E-state index in [0.717, 1.165) is 17.7 Å². The van der Waals surface area contributed by atoms with Gasteiger partial charge in [-0.3, -0.25) is 14.8 Å². The molecule has 0 fully saturated rings. The van der Waals surface area contributed by atoms with Gasteiger partial charge in [-0.05, 0) is 54.6 Å². The van der Waals surface area contributed by atoms with Crippen molar-refractivity contribution in [3.05, 3.63) is 36.4 Å². The van der Waals surface area contributed by atoms with Crippen LogP contribution in [-0.2, 0) is 13.9 Å². The molecule has 0 saturated heterocycles. The van der Waals surface area contributed by atoms with Crippen molar-refractivity contribution < 1.29 is 18.5 Å². The summed E-state index contributed by atoms with van der Waals surface area (Å²) in [5.41, 5.74) is 4.15. The van der Waals surface area contributed by atoms with Gasteiger partial charge < -0.3 is 4.52 Å². The first-order valence-corrected chi connectivity index (χ1v) is 9.85. The van der Waals surface area contributed by atoms with Gasteiger partial charge in [0, 0.05) is 5.75 Å². The molecule has 7 heteroatoms. The Hall–Kier alpha value is -0.940. The van der Waals surface area contributed by atoms with Crippen LogP contribution in [0.15, 0.2) is 30.8 Å². The van der Waals surface area contributed by atoms with Crippen LogP contribution in [0, 0.1) is 0 Å². The van der Waals surface area contributed by atoms with Crippen molar-refractivity contribution in [3.63, 3.8) is 0 Å². The maximum atomic E-state index is 12.5. The van der Waals surface area contributed by atoms with Crippen LogP contribution in [0.5, 0.6) is 5.75 Å². The Bertz CT molecular complexity index is 492. The summed E-state index contributed by atoms with van der Waals surface area (Å²) in [6.45, 7) is 4.84. The largest absolute Gasteiger partial charge is 0.440 e. The van der Waals surface area contributed by atoms with E-state index in [1.165, 1.54) is 18.5 Å². The zero-order valence-electron chi connectivity index (χ0n) is 12.6. The Morgan fingerprint density at radius 3 is 2.52 bits per heavy atom. The smallest absolute Gasteiger partial charge is 0.417 e. The van der Waals surface area contributed by atoms with E-state index in [-0.39, 0.29) is 0 Å². The van der Waals surface area contributed by atoms with Crippen LogP contribution in [0.2, 0.25) is 0 Å². The zero-order valence-corrected chi connectivity index (χ0v) is 14.3. The SMILES string of the molecule is C=C(NOC)c1ccc(OP(=O)(OCC)SCCC)cc1. The summed E-state index contributed by atoms with van der Waals surface area (Å²) >= 11 is 1.22. The molecule has 1 aromatic rings. The van der Waals surface area contributed by atoms with Crippen LogP contribution in [0.4, 0.5) is 0 Å². The fourth-order valence-electron chi connectivity index (χ4n) is 1.48. The lowest BCUT2D eigenvalue weighted by Crippen LogP contribution is -2.08. The van der Waals surface area contributed by atoms with Crippen molar-refractivity contribution in [3.8, 4) is 5.75 Å². The summed E-state index contributed by atoms with van der Waals surface area (Å²) < 4.78 is 23.4. The maximum Gasteiger partial charge on any atom is 0.440 e. The van der Waals surface area contributed by atoms with E-state index in [4.69, 9.17) is 13.9 Å². The number of benzene rings is 1. The standard InChI is InChI=1S/C14H22NO4PS/c1-5-11-21-20(16,18-6-2)19-14-9-7-13(8-10-14)12(3)15-17-4/h7-10,15H,3,5-6,11H2,1-2,4H3. The van der Waals surface area contributed by atoms with Crippen LogP contribution < -0.4 is 10.0 Å². The Kier molecular flexibility index (Phi) is 7.89. The molecule has 5 nitrogen and oxygen atoms in total. The van der Waals surface area contributed by atoms with E-state index >= 15 is 0 Å². The first-order chi connectivity index (χ1) is 10.0. The van der Waals surface area contributed by atoms with Gasteiger partial charge in [-0.15, -0.1) is 0 Å². The first kappa shape index (κ1) is 18.1. The number of hydrogen-bond acceptors (Lipinski definition) is 6. The van der Waals surface area contributed by atoms with Crippen molar-refractivity contribution in [2.45, 2.75) is 20.3 Å². The van der Waals surface area contributed by atoms with E-state index in [0.29, 0.717) is 18.1 Å². The van der Waals surface area contributed by atoms with E-state index in [1.807, 2.05) is 19.1 Å². The van der Waals surface area contributed by atoms with Gasteiger partial charge in [-0.1, -0.05) is 13.5 Å². The minimum Gasteiger partial charge on any atom is -0.417 e. The summed E-state index contributed by atoms with van der Waals surface area (Å²) in [7, 11) is 1.52. The maximum absolute atomic E-state index is 12.5. The summed E-state index contributed by atoms with van der Waals surface area (Å²) in [5.74, 6) is 1.23. The minimum absolute atomic E-state index is 0.348. The second-order valence-electron chi connectivity index (χ2n) is 4.10. The summed E-state index contributed by atoms with van der Waals surface area (Å²) in [5, 5.41) is 0. The molecule has 1 atom stereocenters. The molecule has 0 aromatic heterocycles. The third kappa shape index (κ3) is 6.14. The summed E-state index contributed by atoms with van der Waals surface area (Å²) in [6, 6.07) is 7.08.